The van der Waals surface area contributed by atoms with Crippen molar-refractivity contribution in [1.29, 1.82) is 0 Å². The molecule has 312 valence electrons. The van der Waals surface area contributed by atoms with Crippen LogP contribution in [0, 0.1) is 0 Å². The molecule has 2 aliphatic rings. The molecule has 0 saturated carbocycles. The molecule has 0 radical (unpaired) electrons. The van der Waals surface area contributed by atoms with Crippen molar-refractivity contribution in [3.8, 4) is 44.8 Å². The maximum Gasteiger partial charge on any atom is 0.0786 e. The van der Waals surface area contributed by atoms with E-state index in [0.717, 1.165) is 33.5 Å². The number of nitrogens with zero attached hydrogens (tertiary/aromatic N) is 2. The molecule has 2 aliphatic carbocycles. The highest BCUT2D eigenvalue weighted by Gasteiger charge is 2.49. The van der Waals surface area contributed by atoms with Crippen molar-refractivity contribution in [3.63, 3.8) is 0 Å². The van der Waals surface area contributed by atoms with E-state index in [2.05, 4.69) is 218 Å². The predicted molar refractivity (Wildman–Crippen MR) is 274 cm³/mol. The Morgan fingerprint density at radius 3 is 1.66 bits per heavy atom. The molecule has 2 heteroatoms. The molecule has 0 spiro atoms. The molecule has 0 N–H and O–H groups in total. The Kier molecular flexibility index (Phi) is 8.46. The van der Waals surface area contributed by atoms with Crippen molar-refractivity contribution in [2.24, 2.45) is 0 Å². The largest absolute Gasteiger partial charge is 0.256 e. The molecule has 65 heavy (non-hydrogen) atoms. The minimum Gasteiger partial charge on any atom is -0.256 e. The van der Waals surface area contributed by atoms with Crippen LogP contribution in [0.2, 0.25) is 0 Å². The van der Waals surface area contributed by atoms with Crippen molar-refractivity contribution in [1.82, 2.24) is 9.97 Å². The SMILES string of the molecule is C=C(C)c1ccc(C2(c3ccc(C(C)(C)C)cc3)c3cc(-c4nccc5ccccc45)ccc3-c3cc4c(cc32)-c2c(cc(-c3nccc5ccccc35)c3ccccc23)C4(C)C)cc1. The fraction of sp³-hybridized carbons (Fsp3) is 0.143. The van der Waals surface area contributed by atoms with E-state index in [1.165, 1.54) is 93.7 Å². The molecule has 10 aromatic rings. The Morgan fingerprint density at radius 2 is 1.02 bits per heavy atom. The van der Waals surface area contributed by atoms with E-state index in [9.17, 15) is 0 Å². The summed E-state index contributed by atoms with van der Waals surface area (Å²) in [4.78, 5) is 10.2. The first-order valence-corrected chi connectivity index (χ1v) is 22.9. The lowest BCUT2D eigenvalue weighted by molar-refractivity contribution is 0.589. The zero-order valence-electron chi connectivity index (χ0n) is 37.9. The zero-order chi connectivity index (χ0) is 44.4. The first-order valence-electron chi connectivity index (χ1n) is 22.9. The Labute approximate surface area is 382 Å². The van der Waals surface area contributed by atoms with Gasteiger partial charge in [-0.15, -0.1) is 0 Å². The second-order valence-electron chi connectivity index (χ2n) is 19.9. The summed E-state index contributed by atoms with van der Waals surface area (Å²) in [5, 5.41) is 7.18. The van der Waals surface area contributed by atoms with Crippen molar-refractivity contribution in [2.45, 2.75) is 57.8 Å². The second-order valence-corrected chi connectivity index (χ2v) is 19.9. The molecule has 2 heterocycles. The maximum absolute atomic E-state index is 5.09. The first kappa shape index (κ1) is 39.2. The van der Waals surface area contributed by atoms with Gasteiger partial charge < -0.3 is 0 Å². The summed E-state index contributed by atoms with van der Waals surface area (Å²) < 4.78 is 0. The van der Waals surface area contributed by atoms with Gasteiger partial charge in [-0.05, 0) is 137 Å². The molecule has 0 bridgehead atoms. The molecule has 0 saturated heterocycles. The van der Waals surface area contributed by atoms with Crippen LogP contribution in [0.3, 0.4) is 0 Å². The number of hydrogen-bond acceptors (Lipinski definition) is 2. The number of rotatable bonds is 5. The van der Waals surface area contributed by atoms with Gasteiger partial charge in [-0.3, -0.25) is 9.97 Å². The fourth-order valence-electron chi connectivity index (χ4n) is 11.4. The molecule has 1 atom stereocenters. The van der Waals surface area contributed by atoms with Gasteiger partial charge in [0.1, 0.15) is 0 Å². The summed E-state index contributed by atoms with van der Waals surface area (Å²) in [5.41, 5.74) is 19.8. The van der Waals surface area contributed by atoms with Crippen LogP contribution >= 0.6 is 0 Å². The van der Waals surface area contributed by atoms with Gasteiger partial charge in [0.05, 0.1) is 16.8 Å². The molecule has 0 aliphatic heterocycles. The van der Waals surface area contributed by atoms with Crippen LogP contribution in [0.4, 0.5) is 0 Å². The third-order valence-corrected chi connectivity index (χ3v) is 14.8. The highest BCUT2D eigenvalue weighted by Crippen LogP contribution is 2.62. The average Bonchev–Trinajstić information content (AvgIpc) is 3.74. The Morgan fingerprint density at radius 1 is 0.477 bits per heavy atom. The molecule has 8 aromatic carbocycles. The Hall–Kier alpha value is -7.42. The number of benzene rings is 8. The lowest BCUT2D eigenvalue weighted by Gasteiger charge is -2.35. The molecule has 12 rings (SSSR count). The summed E-state index contributed by atoms with van der Waals surface area (Å²) in [6, 6.07) is 63.9. The van der Waals surface area contributed by atoms with Crippen molar-refractivity contribution < 1.29 is 0 Å². The van der Waals surface area contributed by atoms with E-state index in [1.807, 2.05) is 12.4 Å². The van der Waals surface area contributed by atoms with Gasteiger partial charge in [0.15, 0.2) is 0 Å². The standard InChI is InChI=1S/C63H50N2/c1-38(2)39-20-23-44(24-21-39)63(45-27-25-43(26-28-45)61(3,4)5)55-34-42(59-46-16-10-8-14-40(46)30-32-64-59)22-29-49(55)51-35-54-53(37-56(51)63)58-50-19-13-12-18-48(50)52(36-57(58)62(54,6)7)60-47-17-11-9-15-41(47)31-33-65-60/h8-37H,1H2,2-7H3. The van der Waals surface area contributed by atoms with Gasteiger partial charge in [0.2, 0.25) is 0 Å². The lowest BCUT2D eigenvalue weighted by Crippen LogP contribution is -2.29. The van der Waals surface area contributed by atoms with E-state index in [-0.39, 0.29) is 10.8 Å². The Bertz CT molecular complexity index is 3610. The molecule has 2 nitrogen and oxygen atoms in total. The fourth-order valence-corrected chi connectivity index (χ4v) is 11.4. The van der Waals surface area contributed by atoms with E-state index in [4.69, 9.17) is 9.97 Å². The number of allylic oxidation sites excluding steroid dienone is 1. The van der Waals surface area contributed by atoms with E-state index in [0.29, 0.717) is 0 Å². The zero-order valence-corrected chi connectivity index (χ0v) is 37.9. The normalized spacial score (nSPS) is 15.8. The maximum atomic E-state index is 5.09. The summed E-state index contributed by atoms with van der Waals surface area (Å²) in [6.45, 7) is 18.1. The summed E-state index contributed by atoms with van der Waals surface area (Å²) >= 11 is 0. The number of fused-ring (bicyclic) bond motifs is 10. The van der Waals surface area contributed by atoms with Crippen LogP contribution in [0.25, 0.3) is 82.7 Å². The van der Waals surface area contributed by atoms with Gasteiger partial charge in [-0.25, -0.2) is 0 Å². The lowest BCUT2D eigenvalue weighted by atomic mass is 9.66. The second kappa shape index (κ2) is 14.0. The predicted octanol–water partition coefficient (Wildman–Crippen LogP) is 16.3. The minimum atomic E-state index is -0.653. The van der Waals surface area contributed by atoms with Crippen molar-refractivity contribution in [2.75, 3.05) is 0 Å². The highest BCUT2D eigenvalue weighted by molar-refractivity contribution is 6.12. The average molecular weight is 835 g/mol. The van der Waals surface area contributed by atoms with Crippen molar-refractivity contribution in [3.05, 3.63) is 233 Å². The van der Waals surface area contributed by atoms with Crippen LogP contribution in [0.5, 0.6) is 0 Å². The Balaban J connectivity index is 1.18. The third kappa shape index (κ3) is 5.66. The van der Waals surface area contributed by atoms with E-state index >= 15 is 0 Å². The molecular weight excluding hydrogens is 785 g/mol. The van der Waals surface area contributed by atoms with E-state index < -0.39 is 5.41 Å². The van der Waals surface area contributed by atoms with E-state index in [1.54, 1.807) is 0 Å². The summed E-state index contributed by atoms with van der Waals surface area (Å²) in [6.07, 6.45) is 3.91. The monoisotopic (exact) mass is 834 g/mol. The number of aromatic nitrogens is 2. The summed E-state index contributed by atoms with van der Waals surface area (Å²) in [5.74, 6) is 0. The molecule has 2 aromatic heterocycles. The quantitative estimate of drug-likeness (QED) is 0.173. The molecule has 0 amide bonds. The van der Waals surface area contributed by atoms with Crippen LogP contribution in [0.15, 0.2) is 189 Å². The van der Waals surface area contributed by atoms with Crippen LogP contribution in [-0.4, -0.2) is 9.97 Å². The molecular formula is C63H50N2. The van der Waals surface area contributed by atoms with Crippen LogP contribution in [-0.2, 0) is 16.2 Å². The third-order valence-electron chi connectivity index (χ3n) is 14.8. The molecule has 1 unspecified atom stereocenters. The highest BCUT2D eigenvalue weighted by atomic mass is 14.7. The van der Waals surface area contributed by atoms with Crippen molar-refractivity contribution >= 4 is 37.9 Å². The van der Waals surface area contributed by atoms with Gasteiger partial charge >= 0.3 is 0 Å². The first-order chi connectivity index (χ1) is 31.4. The number of hydrogen-bond donors (Lipinski definition) is 0. The van der Waals surface area contributed by atoms with Gasteiger partial charge in [0.25, 0.3) is 0 Å². The van der Waals surface area contributed by atoms with Crippen LogP contribution < -0.4 is 0 Å². The topological polar surface area (TPSA) is 25.8 Å². The smallest absolute Gasteiger partial charge is 0.0786 e. The van der Waals surface area contributed by atoms with Gasteiger partial charge in [-0.2, -0.15) is 0 Å². The summed E-state index contributed by atoms with van der Waals surface area (Å²) in [7, 11) is 0. The van der Waals surface area contributed by atoms with Gasteiger partial charge in [-0.1, -0.05) is 180 Å². The molecule has 0 fully saturated rings. The van der Waals surface area contributed by atoms with Gasteiger partial charge in [0, 0.05) is 39.7 Å². The van der Waals surface area contributed by atoms with Crippen LogP contribution in [0.1, 0.15) is 86.1 Å². The minimum absolute atomic E-state index is 0.00507. The number of pyridine rings is 2.